The fraction of sp³-hybridized carbons (Fsp3) is 0.182. The third kappa shape index (κ3) is 1.89. The number of aromatic nitrogens is 2. The summed E-state index contributed by atoms with van der Waals surface area (Å²) in [6, 6.07) is 5.78. The van der Waals surface area contributed by atoms with Crippen LogP contribution in [0.4, 0.5) is 4.39 Å². The molecule has 0 aliphatic heterocycles. The zero-order valence-electron chi connectivity index (χ0n) is 8.26. The largest absolute Gasteiger partial charge is 0.382 e. The van der Waals surface area contributed by atoms with Gasteiger partial charge in [0, 0.05) is 7.05 Å². The first kappa shape index (κ1) is 9.86. The average Bonchev–Trinajstić information content (AvgIpc) is 2.65. The first-order valence-electron chi connectivity index (χ1n) is 4.58. The summed E-state index contributed by atoms with van der Waals surface area (Å²) in [5.41, 5.74) is 1.33. The maximum atomic E-state index is 12.7. The Bertz CT molecular complexity index is 450. The lowest BCUT2D eigenvalue weighted by atomic mass is 10.1. The number of nitrogens with zero attached hydrogens (tertiary/aromatic N) is 2. The van der Waals surface area contributed by atoms with Gasteiger partial charge < -0.3 is 9.67 Å². The summed E-state index contributed by atoms with van der Waals surface area (Å²) < 4.78 is 14.4. The van der Waals surface area contributed by atoms with Crippen LogP contribution in [0, 0.1) is 5.82 Å². The second kappa shape index (κ2) is 3.82. The maximum Gasteiger partial charge on any atom is 0.123 e. The molecule has 0 aliphatic rings. The van der Waals surface area contributed by atoms with E-state index in [1.807, 2.05) is 0 Å². The Labute approximate surface area is 86.8 Å². The first-order valence-corrected chi connectivity index (χ1v) is 4.58. The molecule has 0 saturated carbocycles. The van der Waals surface area contributed by atoms with E-state index in [1.54, 1.807) is 36.3 Å². The summed E-state index contributed by atoms with van der Waals surface area (Å²) >= 11 is 0. The standard InChI is InChI=1S/C11H11FN2O/c1-14-7-13-6-10(14)11(15)8-2-4-9(12)5-3-8/h2-7,11,15H,1H3. The predicted molar refractivity (Wildman–Crippen MR) is 53.7 cm³/mol. The van der Waals surface area contributed by atoms with Crippen molar-refractivity contribution >= 4 is 0 Å². The second-order valence-corrected chi connectivity index (χ2v) is 3.38. The molecule has 2 aromatic rings. The lowest BCUT2D eigenvalue weighted by Crippen LogP contribution is -2.04. The van der Waals surface area contributed by atoms with Crippen molar-refractivity contribution in [2.75, 3.05) is 0 Å². The third-order valence-corrected chi connectivity index (χ3v) is 2.32. The van der Waals surface area contributed by atoms with Crippen LogP contribution in [0.5, 0.6) is 0 Å². The molecule has 1 aromatic heterocycles. The number of rotatable bonds is 2. The molecule has 0 spiro atoms. The molecule has 1 unspecified atom stereocenters. The van der Waals surface area contributed by atoms with Crippen molar-refractivity contribution in [2.45, 2.75) is 6.10 Å². The van der Waals surface area contributed by atoms with E-state index in [9.17, 15) is 9.50 Å². The summed E-state index contributed by atoms with van der Waals surface area (Å²) in [6.45, 7) is 0. The highest BCUT2D eigenvalue weighted by atomic mass is 19.1. The van der Waals surface area contributed by atoms with Crippen LogP contribution in [-0.2, 0) is 7.05 Å². The van der Waals surface area contributed by atoms with Gasteiger partial charge in [-0.2, -0.15) is 0 Å². The van der Waals surface area contributed by atoms with Crippen LogP contribution in [0.3, 0.4) is 0 Å². The number of benzene rings is 1. The van der Waals surface area contributed by atoms with Crippen LogP contribution in [0.15, 0.2) is 36.8 Å². The number of aliphatic hydroxyl groups excluding tert-OH is 1. The number of halogens is 1. The van der Waals surface area contributed by atoms with Crippen LogP contribution in [0.25, 0.3) is 0 Å². The lowest BCUT2D eigenvalue weighted by molar-refractivity contribution is 0.211. The summed E-state index contributed by atoms with van der Waals surface area (Å²) in [5.74, 6) is -0.309. The van der Waals surface area contributed by atoms with Gasteiger partial charge in [0.1, 0.15) is 11.9 Å². The smallest absolute Gasteiger partial charge is 0.123 e. The van der Waals surface area contributed by atoms with Crippen LogP contribution in [-0.4, -0.2) is 14.7 Å². The number of imidazole rings is 1. The molecule has 3 nitrogen and oxygen atoms in total. The summed E-state index contributed by atoms with van der Waals surface area (Å²) in [7, 11) is 1.80. The number of aryl methyl sites for hydroxylation is 1. The van der Waals surface area contributed by atoms with Gasteiger partial charge in [-0.05, 0) is 17.7 Å². The van der Waals surface area contributed by atoms with Crippen molar-refractivity contribution in [1.29, 1.82) is 0 Å². The second-order valence-electron chi connectivity index (χ2n) is 3.38. The van der Waals surface area contributed by atoms with Crippen LogP contribution >= 0.6 is 0 Å². The van der Waals surface area contributed by atoms with Gasteiger partial charge in [0.15, 0.2) is 0 Å². The molecule has 78 valence electrons. The fourth-order valence-electron chi connectivity index (χ4n) is 1.45. The van der Waals surface area contributed by atoms with Gasteiger partial charge in [-0.1, -0.05) is 12.1 Å². The van der Waals surface area contributed by atoms with E-state index in [2.05, 4.69) is 4.98 Å². The minimum atomic E-state index is -0.766. The summed E-state index contributed by atoms with van der Waals surface area (Å²) in [4.78, 5) is 3.91. The average molecular weight is 206 g/mol. The quantitative estimate of drug-likeness (QED) is 0.811. The van der Waals surface area contributed by atoms with E-state index in [4.69, 9.17) is 0 Å². The van der Waals surface area contributed by atoms with Crippen molar-refractivity contribution in [3.8, 4) is 0 Å². The molecular weight excluding hydrogens is 195 g/mol. The zero-order chi connectivity index (χ0) is 10.8. The maximum absolute atomic E-state index is 12.7. The molecule has 15 heavy (non-hydrogen) atoms. The van der Waals surface area contributed by atoms with Gasteiger partial charge in [0.2, 0.25) is 0 Å². The predicted octanol–water partition coefficient (Wildman–Crippen LogP) is 1.64. The normalized spacial score (nSPS) is 12.7. The molecule has 4 heteroatoms. The minimum absolute atomic E-state index is 0.309. The van der Waals surface area contributed by atoms with E-state index in [-0.39, 0.29) is 5.82 Å². The molecule has 1 aromatic carbocycles. The third-order valence-electron chi connectivity index (χ3n) is 2.32. The van der Waals surface area contributed by atoms with Gasteiger partial charge >= 0.3 is 0 Å². The molecule has 0 fully saturated rings. The molecule has 0 radical (unpaired) electrons. The van der Waals surface area contributed by atoms with Crippen molar-refractivity contribution < 1.29 is 9.50 Å². The van der Waals surface area contributed by atoms with Gasteiger partial charge in [0.05, 0.1) is 18.2 Å². The number of aliphatic hydroxyl groups is 1. The van der Waals surface area contributed by atoms with E-state index < -0.39 is 6.10 Å². The van der Waals surface area contributed by atoms with E-state index in [0.29, 0.717) is 11.3 Å². The van der Waals surface area contributed by atoms with Crippen molar-refractivity contribution in [3.05, 3.63) is 53.9 Å². The van der Waals surface area contributed by atoms with Crippen molar-refractivity contribution in [1.82, 2.24) is 9.55 Å². The Balaban J connectivity index is 2.32. The fourth-order valence-corrected chi connectivity index (χ4v) is 1.45. The van der Waals surface area contributed by atoms with Crippen LogP contribution in [0.2, 0.25) is 0 Å². The van der Waals surface area contributed by atoms with Crippen molar-refractivity contribution in [2.24, 2.45) is 7.05 Å². The number of hydrogen-bond acceptors (Lipinski definition) is 2. The van der Waals surface area contributed by atoms with E-state index >= 15 is 0 Å². The topological polar surface area (TPSA) is 38.0 Å². The highest BCUT2D eigenvalue weighted by Gasteiger charge is 2.13. The summed E-state index contributed by atoms with van der Waals surface area (Å²) in [5, 5.41) is 9.97. The van der Waals surface area contributed by atoms with Gasteiger partial charge in [-0.25, -0.2) is 9.37 Å². The Morgan fingerprint density at radius 2 is 2.00 bits per heavy atom. The number of hydrogen-bond donors (Lipinski definition) is 1. The Kier molecular flexibility index (Phi) is 2.51. The Morgan fingerprint density at radius 1 is 1.33 bits per heavy atom. The lowest BCUT2D eigenvalue weighted by Gasteiger charge is -2.11. The van der Waals surface area contributed by atoms with Gasteiger partial charge in [-0.15, -0.1) is 0 Å². The Hall–Kier alpha value is -1.68. The summed E-state index contributed by atoms with van der Waals surface area (Å²) in [6.07, 6.45) is 2.44. The molecule has 0 aliphatic carbocycles. The first-order chi connectivity index (χ1) is 7.18. The molecular formula is C11H11FN2O. The van der Waals surface area contributed by atoms with E-state index in [1.165, 1.54) is 12.1 Å². The van der Waals surface area contributed by atoms with Gasteiger partial charge in [0.25, 0.3) is 0 Å². The monoisotopic (exact) mass is 206 g/mol. The van der Waals surface area contributed by atoms with Crippen LogP contribution in [0.1, 0.15) is 17.4 Å². The molecule has 1 heterocycles. The molecule has 2 rings (SSSR count). The molecule has 1 atom stereocenters. The van der Waals surface area contributed by atoms with Gasteiger partial charge in [-0.3, -0.25) is 0 Å². The zero-order valence-corrected chi connectivity index (χ0v) is 8.26. The van der Waals surface area contributed by atoms with Crippen LogP contribution < -0.4 is 0 Å². The minimum Gasteiger partial charge on any atom is -0.382 e. The highest BCUT2D eigenvalue weighted by molar-refractivity contribution is 5.25. The Morgan fingerprint density at radius 3 is 2.53 bits per heavy atom. The highest BCUT2D eigenvalue weighted by Crippen LogP contribution is 2.20. The SMILES string of the molecule is Cn1cncc1C(O)c1ccc(F)cc1. The molecule has 0 saturated heterocycles. The molecule has 1 N–H and O–H groups in total. The van der Waals surface area contributed by atoms with Crippen molar-refractivity contribution in [3.63, 3.8) is 0 Å². The molecule has 0 bridgehead atoms. The van der Waals surface area contributed by atoms with E-state index in [0.717, 1.165) is 0 Å². The molecule has 0 amide bonds.